The van der Waals surface area contributed by atoms with Gasteiger partial charge in [0.25, 0.3) is 0 Å². The molecule has 0 saturated carbocycles. The molecule has 0 aromatic heterocycles. The molecule has 3 nitrogen and oxygen atoms in total. The van der Waals surface area contributed by atoms with Crippen LogP contribution in [0.2, 0.25) is 0 Å². The van der Waals surface area contributed by atoms with Gasteiger partial charge in [0.05, 0.1) is 12.7 Å². The standard InChI is InChI=1S/C14H25NO2/c1-5-14(3,4)17-11-13(16)10-15-8-6-12(2)7-9-15/h1,12-13,16H,6-11H2,2-4H3/t13-/m1/s1. The Morgan fingerprint density at radius 2 is 2.06 bits per heavy atom. The van der Waals surface area contributed by atoms with Crippen molar-refractivity contribution in [3.8, 4) is 12.3 Å². The van der Waals surface area contributed by atoms with Crippen LogP contribution < -0.4 is 0 Å². The first-order valence-electron chi connectivity index (χ1n) is 6.45. The molecule has 1 fully saturated rings. The van der Waals surface area contributed by atoms with Gasteiger partial charge in [-0.3, -0.25) is 0 Å². The van der Waals surface area contributed by atoms with Crippen LogP contribution in [0, 0.1) is 18.3 Å². The fraction of sp³-hybridized carbons (Fsp3) is 0.857. The zero-order valence-electron chi connectivity index (χ0n) is 11.3. The highest BCUT2D eigenvalue weighted by atomic mass is 16.5. The second kappa shape index (κ2) is 6.39. The number of ether oxygens (including phenoxy) is 1. The highest BCUT2D eigenvalue weighted by Crippen LogP contribution is 2.16. The number of rotatable bonds is 5. The third kappa shape index (κ3) is 5.54. The van der Waals surface area contributed by atoms with Crippen LogP contribution in [0.3, 0.4) is 0 Å². The van der Waals surface area contributed by atoms with Crippen LogP contribution in [-0.2, 0) is 4.74 Å². The van der Waals surface area contributed by atoms with E-state index in [-0.39, 0.29) is 0 Å². The summed E-state index contributed by atoms with van der Waals surface area (Å²) in [5.41, 5.74) is -0.586. The second-order valence-electron chi connectivity index (χ2n) is 5.60. The first kappa shape index (κ1) is 14.5. The lowest BCUT2D eigenvalue weighted by Gasteiger charge is -2.32. The molecule has 0 amide bonds. The van der Waals surface area contributed by atoms with E-state index >= 15 is 0 Å². The van der Waals surface area contributed by atoms with Gasteiger partial charge in [-0.2, -0.15) is 0 Å². The zero-order chi connectivity index (χ0) is 12.9. The van der Waals surface area contributed by atoms with Gasteiger partial charge in [0.2, 0.25) is 0 Å². The molecule has 1 saturated heterocycles. The minimum Gasteiger partial charge on any atom is -0.389 e. The normalized spacial score (nSPS) is 21.1. The topological polar surface area (TPSA) is 32.7 Å². The maximum atomic E-state index is 9.89. The van der Waals surface area contributed by atoms with E-state index in [0.717, 1.165) is 19.0 Å². The maximum Gasteiger partial charge on any atom is 0.122 e. The lowest BCUT2D eigenvalue weighted by Crippen LogP contribution is -2.41. The summed E-state index contributed by atoms with van der Waals surface area (Å²) in [6.45, 7) is 9.11. The molecular formula is C14H25NO2. The monoisotopic (exact) mass is 239 g/mol. The molecule has 0 aliphatic carbocycles. The molecule has 0 radical (unpaired) electrons. The number of hydrogen-bond acceptors (Lipinski definition) is 3. The van der Waals surface area contributed by atoms with E-state index < -0.39 is 11.7 Å². The molecule has 3 heteroatoms. The molecule has 0 spiro atoms. The lowest BCUT2D eigenvalue weighted by molar-refractivity contribution is -0.0395. The largest absolute Gasteiger partial charge is 0.389 e. The summed E-state index contributed by atoms with van der Waals surface area (Å²) in [5.74, 6) is 3.38. The molecule has 0 aromatic rings. The minimum absolute atomic E-state index is 0.309. The van der Waals surface area contributed by atoms with Crippen molar-refractivity contribution in [2.75, 3.05) is 26.2 Å². The summed E-state index contributed by atoms with van der Waals surface area (Å²) in [6.07, 6.45) is 7.33. The minimum atomic E-state index is -0.586. The quantitative estimate of drug-likeness (QED) is 0.738. The molecule has 1 aliphatic rings. The van der Waals surface area contributed by atoms with Crippen LogP contribution in [0.15, 0.2) is 0 Å². The second-order valence-corrected chi connectivity index (χ2v) is 5.60. The highest BCUT2D eigenvalue weighted by molar-refractivity contribution is 5.02. The molecule has 1 N–H and O–H groups in total. The summed E-state index contributed by atoms with van der Waals surface area (Å²) in [4.78, 5) is 2.30. The molecule has 0 bridgehead atoms. The zero-order valence-corrected chi connectivity index (χ0v) is 11.3. The van der Waals surface area contributed by atoms with Crippen molar-refractivity contribution in [2.24, 2.45) is 5.92 Å². The Bertz CT molecular complexity index is 262. The van der Waals surface area contributed by atoms with E-state index in [2.05, 4.69) is 17.7 Å². The number of nitrogens with zero attached hydrogens (tertiary/aromatic N) is 1. The van der Waals surface area contributed by atoms with E-state index in [1.54, 1.807) is 0 Å². The summed E-state index contributed by atoms with van der Waals surface area (Å²) in [6, 6.07) is 0. The molecule has 17 heavy (non-hydrogen) atoms. The van der Waals surface area contributed by atoms with Gasteiger partial charge in [0.15, 0.2) is 0 Å². The molecule has 1 atom stereocenters. The van der Waals surface area contributed by atoms with E-state index in [4.69, 9.17) is 11.2 Å². The SMILES string of the molecule is C#CC(C)(C)OC[C@H](O)CN1CCC(C)CC1. The Labute approximate surface area is 105 Å². The van der Waals surface area contributed by atoms with Crippen molar-refractivity contribution in [1.82, 2.24) is 4.90 Å². The van der Waals surface area contributed by atoms with Crippen LogP contribution >= 0.6 is 0 Å². The van der Waals surface area contributed by atoms with Crippen molar-refractivity contribution in [3.63, 3.8) is 0 Å². The highest BCUT2D eigenvalue weighted by Gasteiger charge is 2.20. The Balaban J connectivity index is 2.21. The van der Waals surface area contributed by atoms with Crippen molar-refractivity contribution in [3.05, 3.63) is 0 Å². The molecule has 1 aliphatic heterocycles. The number of aliphatic hydroxyl groups is 1. The fourth-order valence-corrected chi connectivity index (χ4v) is 1.94. The molecule has 0 unspecified atom stereocenters. The van der Waals surface area contributed by atoms with Crippen LogP contribution in [-0.4, -0.2) is 48.0 Å². The first-order valence-corrected chi connectivity index (χ1v) is 6.45. The van der Waals surface area contributed by atoms with Gasteiger partial charge in [0.1, 0.15) is 5.60 Å². The molecule has 0 aromatic carbocycles. The van der Waals surface area contributed by atoms with Crippen LogP contribution in [0.5, 0.6) is 0 Å². The van der Waals surface area contributed by atoms with Crippen molar-refractivity contribution in [2.45, 2.75) is 45.3 Å². The average Bonchev–Trinajstić information content (AvgIpc) is 2.30. The van der Waals surface area contributed by atoms with E-state index in [1.807, 2.05) is 13.8 Å². The predicted octanol–water partition coefficient (Wildman–Crippen LogP) is 1.51. The number of piperidine rings is 1. The van der Waals surface area contributed by atoms with Crippen LogP contribution in [0.25, 0.3) is 0 Å². The first-order chi connectivity index (χ1) is 7.93. The van der Waals surface area contributed by atoms with E-state index in [0.29, 0.717) is 13.2 Å². The Morgan fingerprint density at radius 3 is 2.59 bits per heavy atom. The van der Waals surface area contributed by atoms with Crippen molar-refractivity contribution >= 4 is 0 Å². The Hall–Kier alpha value is -0.560. The summed E-state index contributed by atoms with van der Waals surface area (Å²) in [5, 5.41) is 9.89. The van der Waals surface area contributed by atoms with Gasteiger partial charge in [-0.05, 0) is 45.7 Å². The number of likely N-dealkylation sites (tertiary alicyclic amines) is 1. The number of hydrogen-bond donors (Lipinski definition) is 1. The Morgan fingerprint density at radius 1 is 1.47 bits per heavy atom. The molecule has 98 valence electrons. The molecular weight excluding hydrogens is 214 g/mol. The molecule has 1 heterocycles. The van der Waals surface area contributed by atoms with E-state index in [9.17, 15) is 5.11 Å². The summed E-state index contributed by atoms with van der Waals surface area (Å²) < 4.78 is 5.49. The number of aliphatic hydroxyl groups excluding tert-OH is 1. The maximum absolute atomic E-state index is 9.89. The summed E-state index contributed by atoms with van der Waals surface area (Å²) >= 11 is 0. The van der Waals surface area contributed by atoms with Gasteiger partial charge in [0, 0.05) is 6.54 Å². The summed E-state index contributed by atoms with van der Waals surface area (Å²) in [7, 11) is 0. The van der Waals surface area contributed by atoms with Gasteiger partial charge in [-0.1, -0.05) is 12.8 Å². The smallest absolute Gasteiger partial charge is 0.122 e. The number of β-amino-alcohol motifs (C(OH)–C–C–N with tert-alkyl or cyclic N) is 1. The lowest BCUT2D eigenvalue weighted by atomic mass is 9.99. The average molecular weight is 239 g/mol. The fourth-order valence-electron chi connectivity index (χ4n) is 1.94. The predicted molar refractivity (Wildman–Crippen MR) is 69.7 cm³/mol. The van der Waals surface area contributed by atoms with Crippen molar-refractivity contribution < 1.29 is 9.84 Å². The third-order valence-corrected chi connectivity index (χ3v) is 3.33. The number of terminal acetylenes is 1. The van der Waals surface area contributed by atoms with Gasteiger partial charge < -0.3 is 14.7 Å². The van der Waals surface area contributed by atoms with Crippen LogP contribution in [0.4, 0.5) is 0 Å². The van der Waals surface area contributed by atoms with Crippen LogP contribution in [0.1, 0.15) is 33.6 Å². The van der Waals surface area contributed by atoms with Gasteiger partial charge in [-0.15, -0.1) is 6.42 Å². The third-order valence-electron chi connectivity index (χ3n) is 3.33. The van der Waals surface area contributed by atoms with E-state index in [1.165, 1.54) is 12.8 Å². The van der Waals surface area contributed by atoms with Gasteiger partial charge in [-0.25, -0.2) is 0 Å². The van der Waals surface area contributed by atoms with Gasteiger partial charge >= 0.3 is 0 Å². The van der Waals surface area contributed by atoms with Crippen molar-refractivity contribution in [1.29, 1.82) is 0 Å². The molecule has 1 rings (SSSR count). The Kier molecular flexibility index (Phi) is 5.45.